The third kappa shape index (κ3) is 4.80. The van der Waals surface area contributed by atoms with E-state index in [1.165, 1.54) is 31.3 Å². The molecule has 0 aromatic heterocycles. The van der Waals surface area contributed by atoms with Gasteiger partial charge in [0.25, 0.3) is 0 Å². The second-order valence-corrected chi connectivity index (χ2v) is 4.79. The molecule has 88 valence electrons. The fraction of sp³-hybridized carbons (Fsp3) is 0.846. The van der Waals surface area contributed by atoms with Crippen LogP contribution in [-0.2, 0) is 0 Å². The predicted molar refractivity (Wildman–Crippen MR) is 67.2 cm³/mol. The van der Waals surface area contributed by atoms with E-state index >= 15 is 0 Å². The molecule has 0 aromatic rings. The molecule has 0 heterocycles. The number of rotatable bonds is 8. The van der Waals surface area contributed by atoms with Gasteiger partial charge in [0.1, 0.15) is 0 Å². The maximum Gasteiger partial charge on any atom is 0.0202 e. The summed E-state index contributed by atoms with van der Waals surface area (Å²) in [4.78, 5) is 2.43. The minimum absolute atomic E-state index is 0.711. The Bertz CT molecular complexity index is 193. The van der Waals surface area contributed by atoms with Gasteiger partial charge in [0.05, 0.1) is 0 Å². The highest BCUT2D eigenvalue weighted by atomic mass is 15.1. The van der Waals surface area contributed by atoms with Crippen LogP contribution in [0.15, 0.2) is 12.2 Å². The van der Waals surface area contributed by atoms with Crippen molar-refractivity contribution in [1.82, 2.24) is 10.2 Å². The van der Waals surface area contributed by atoms with Crippen LogP contribution >= 0.6 is 0 Å². The molecule has 2 nitrogen and oxygen atoms in total. The van der Waals surface area contributed by atoms with Gasteiger partial charge >= 0.3 is 0 Å². The molecule has 1 fully saturated rings. The summed E-state index contributed by atoms with van der Waals surface area (Å²) < 4.78 is 0. The molecule has 0 aliphatic heterocycles. The number of nitrogens with zero attached hydrogens (tertiary/aromatic N) is 1. The third-order valence-corrected chi connectivity index (χ3v) is 3.26. The van der Waals surface area contributed by atoms with E-state index in [2.05, 4.69) is 37.7 Å². The van der Waals surface area contributed by atoms with Crippen LogP contribution in [0.4, 0.5) is 0 Å². The van der Waals surface area contributed by atoms with Gasteiger partial charge in [-0.3, -0.25) is 4.90 Å². The molecule has 0 atom stereocenters. The van der Waals surface area contributed by atoms with Crippen LogP contribution in [-0.4, -0.2) is 37.1 Å². The van der Waals surface area contributed by atoms with Gasteiger partial charge in [-0.15, -0.1) is 0 Å². The van der Waals surface area contributed by atoms with Crippen LogP contribution in [0, 0.1) is 0 Å². The largest absolute Gasteiger partial charge is 0.310 e. The van der Waals surface area contributed by atoms with Crippen LogP contribution < -0.4 is 5.32 Å². The molecule has 1 saturated carbocycles. The zero-order valence-corrected chi connectivity index (χ0v) is 10.6. The Morgan fingerprint density at radius 1 is 1.40 bits per heavy atom. The van der Waals surface area contributed by atoms with E-state index in [9.17, 15) is 0 Å². The van der Waals surface area contributed by atoms with Gasteiger partial charge in [-0.2, -0.15) is 0 Å². The van der Waals surface area contributed by atoms with Crippen LogP contribution in [0.5, 0.6) is 0 Å². The van der Waals surface area contributed by atoms with Crippen molar-refractivity contribution in [2.24, 2.45) is 0 Å². The van der Waals surface area contributed by atoms with E-state index in [0.29, 0.717) is 6.04 Å². The van der Waals surface area contributed by atoms with Crippen molar-refractivity contribution in [1.29, 1.82) is 0 Å². The van der Waals surface area contributed by atoms with Crippen LogP contribution in [0.2, 0.25) is 0 Å². The summed E-state index contributed by atoms with van der Waals surface area (Å²) in [6, 6.07) is 1.50. The fourth-order valence-electron chi connectivity index (χ4n) is 2.03. The molecule has 1 N–H and O–H groups in total. The highest BCUT2D eigenvalue weighted by Gasteiger charge is 2.20. The Hall–Kier alpha value is -0.340. The minimum atomic E-state index is 0.711. The molecule has 1 aliphatic carbocycles. The van der Waals surface area contributed by atoms with E-state index in [4.69, 9.17) is 0 Å². The van der Waals surface area contributed by atoms with Crippen LogP contribution in [0.25, 0.3) is 0 Å². The van der Waals surface area contributed by atoms with Crippen LogP contribution in [0.1, 0.15) is 39.5 Å². The second kappa shape index (κ2) is 6.29. The van der Waals surface area contributed by atoms with Gasteiger partial charge in [0.2, 0.25) is 0 Å². The lowest BCUT2D eigenvalue weighted by molar-refractivity contribution is 0.246. The van der Waals surface area contributed by atoms with Crippen molar-refractivity contribution in [3.8, 4) is 0 Å². The highest BCUT2D eigenvalue weighted by molar-refractivity contribution is 5.02. The minimum Gasteiger partial charge on any atom is -0.310 e. The maximum absolute atomic E-state index is 4.14. The molecular weight excluding hydrogens is 184 g/mol. The van der Waals surface area contributed by atoms with E-state index < -0.39 is 0 Å². The van der Waals surface area contributed by atoms with Gasteiger partial charge in [0.15, 0.2) is 0 Å². The molecule has 2 heteroatoms. The summed E-state index contributed by atoms with van der Waals surface area (Å²) in [5.74, 6) is 0. The Labute approximate surface area is 94.7 Å². The zero-order chi connectivity index (χ0) is 11.3. The van der Waals surface area contributed by atoms with Gasteiger partial charge in [-0.25, -0.2) is 0 Å². The Morgan fingerprint density at radius 2 is 2.00 bits per heavy atom. The lowest BCUT2D eigenvalue weighted by atomic mass is 10.1. The lowest BCUT2D eigenvalue weighted by Gasteiger charge is -2.26. The average Bonchev–Trinajstić information content (AvgIpc) is 3.00. The summed E-state index contributed by atoms with van der Waals surface area (Å²) in [6.07, 6.45) is 5.18. The standard InChI is InChI=1S/C13H26N2/c1-5-13(6-2)15(4)10-11(3)9-14-12-7-8-12/h12-14H,3,5-10H2,1-2,4H3. The molecule has 0 radical (unpaired) electrons. The fourth-order valence-corrected chi connectivity index (χ4v) is 2.03. The first-order chi connectivity index (χ1) is 7.17. The van der Waals surface area contributed by atoms with Gasteiger partial charge in [0, 0.05) is 25.2 Å². The molecule has 0 spiro atoms. The van der Waals surface area contributed by atoms with E-state index in [-0.39, 0.29) is 0 Å². The van der Waals surface area contributed by atoms with E-state index in [0.717, 1.165) is 19.1 Å². The first-order valence-corrected chi connectivity index (χ1v) is 6.27. The Morgan fingerprint density at radius 3 is 2.47 bits per heavy atom. The van der Waals surface area contributed by atoms with Crippen molar-refractivity contribution in [2.45, 2.75) is 51.6 Å². The highest BCUT2D eigenvalue weighted by Crippen LogP contribution is 2.18. The number of likely N-dealkylation sites (N-methyl/N-ethyl adjacent to an activating group) is 1. The number of hydrogen-bond acceptors (Lipinski definition) is 2. The molecule has 1 aliphatic rings. The summed E-state index contributed by atoms with van der Waals surface area (Å²) in [6.45, 7) is 10.7. The first-order valence-electron chi connectivity index (χ1n) is 6.27. The lowest BCUT2D eigenvalue weighted by Crippen LogP contribution is -2.34. The SMILES string of the molecule is C=C(CNC1CC1)CN(C)C(CC)CC. The van der Waals surface area contributed by atoms with Gasteiger partial charge in [-0.05, 0) is 38.3 Å². The quantitative estimate of drug-likeness (QED) is 0.619. The topological polar surface area (TPSA) is 15.3 Å². The van der Waals surface area contributed by atoms with Crippen LogP contribution in [0.3, 0.4) is 0 Å². The molecular formula is C13H26N2. The molecule has 0 saturated heterocycles. The predicted octanol–water partition coefficient (Wildman–Crippen LogP) is 2.42. The van der Waals surface area contributed by atoms with Crippen molar-refractivity contribution >= 4 is 0 Å². The molecule has 0 amide bonds. The zero-order valence-electron chi connectivity index (χ0n) is 10.6. The Kier molecular flexibility index (Phi) is 5.34. The molecule has 0 aromatic carbocycles. The van der Waals surface area contributed by atoms with Crippen molar-refractivity contribution in [2.75, 3.05) is 20.1 Å². The van der Waals surface area contributed by atoms with Crippen molar-refractivity contribution in [3.05, 3.63) is 12.2 Å². The van der Waals surface area contributed by atoms with E-state index in [1.54, 1.807) is 0 Å². The normalized spacial score (nSPS) is 16.3. The number of nitrogens with one attached hydrogen (secondary N) is 1. The molecule has 1 rings (SSSR count). The average molecular weight is 210 g/mol. The summed E-state index contributed by atoms with van der Waals surface area (Å²) >= 11 is 0. The summed E-state index contributed by atoms with van der Waals surface area (Å²) in [5.41, 5.74) is 1.32. The third-order valence-electron chi connectivity index (χ3n) is 3.26. The smallest absolute Gasteiger partial charge is 0.0202 e. The molecule has 15 heavy (non-hydrogen) atoms. The number of hydrogen-bond donors (Lipinski definition) is 1. The molecule has 0 unspecified atom stereocenters. The molecule has 0 bridgehead atoms. The maximum atomic E-state index is 4.14. The monoisotopic (exact) mass is 210 g/mol. The first kappa shape index (κ1) is 12.7. The summed E-state index contributed by atoms with van der Waals surface area (Å²) in [5, 5.41) is 3.51. The second-order valence-electron chi connectivity index (χ2n) is 4.79. The summed E-state index contributed by atoms with van der Waals surface area (Å²) in [7, 11) is 2.21. The van der Waals surface area contributed by atoms with Crippen molar-refractivity contribution < 1.29 is 0 Å². The Balaban J connectivity index is 2.16. The van der Waals surface area contributed by atoms with E-state index in [1.807, 2.05) is 0 Å². The van der Waals surface area contributed by atoms with Crippen molar-refractivity contribution in [3.63, 3.8) is 0 Å². The van der Waals surface area contributed by atoms with Gasteiger partial charge < -0.3 is 5.32 Å². The van der Waals surface area contributed by atoms with Gasteiger partial charge in [-0.1, -0.05) is 20.4 Å².